The van der Waals surface area contributed by atoms with Gasteiger partial charge in [0.2, 0.25) is 0 Å². The first kappa shape index (κ1) is 78.6. The zero-order valence-corrected chi connectivity index (χ0v) is 54.5. The van der Waals surface area contributed by atoms with Gasteiger partial charge in [0.1, 0.15) is 13.2 Å². The number of allylic oxidation sites excluding steroid dienone is 14. The Hall–Kier alpha value is -3.41. The van der Waals surface area contributed by atoms with E-state index in [1.165, 1.54) is 212 Å². The molecule has 0 heterocycles. The van der Waals surface area contributed by atoms with Gasteiger partial charge in [-0.05, 0) is 96.3 Å². The minimum absolute atomic E-state index is 0.0812. The maximum Gasteiger partial charge on any atom is 0.306 e. The molecule has 0 amide bonds. The van der Waals surface area contributed by atoms with Crippen LogP contribution < -0.4 is 0 Å². The maximum absolute atomic E-state index is 13.0. The standard InChI is InChI=1S/C76H134O6/c1-4-7-10-13-16-19-22-25-28-31-34-36-38-40-42-45-48-51-54-57-60-63-66-69-75(78)81-72-73(71-80-74(77)68-65-62-59-56-53-50-47-44-33-30-27-24-21-18-15-12-9-6-3)82-76(79)70-67-64-61-58-55-52-49-46-43-41-39-37-35-32-29-26-23-20-17-14-11-8-5-2/h7,10,16,19,21,24-25,28,30,33-34,36,40,42,73H,4-6,8-9,11-15,17-18,20,22-23,26-27,29,31-32,35,37-39,41,43-72H2,1-3H3/b10-7-,19-16-,24-21-,28-25-,33-30-,36-34-,42-40-. The van der Waals surface area contributed by atoms with Crippen molar-refractivity contribution in [2.24, 2.45) is 0 Å². The zero-order valence-electron chi connectivity index (χ0n) is 54.5. The summed E-state index contributed by atoms with van der Waals surface area (Å²) < 4.78 is 17.0. The van der Waals surface area contributed by atoms with Gasteiger partial charge < -0.3 is 14.2 Å². The summed E-state index contributed by atoms with van der Waals surface area (Å²) >= 11 is 0. The fourth-order valence-electron chi connectivity index (χ4n) is 10.3. The number of rotatable bonds is 65. The Morgan fingerprint density at radius 1 is 0.256 bits per heavy atom. The number of ether oxygens (including phenoxy) is 3. The van der Waals surface area contributed by atoms with Gasteiger partial charge in [0.05, 0.1) is 0 Å². The number of esters is 3. The predicted molar refractivity (Wildman–Crippen MR) is 358 cm³/mol. The highest BCUT2D eigenvalue weighted by molar-refractivity contribution is 5.71. The largest absolute Gasteiger partial charge is 0.462 e. The van der Waals surface area contributed by atoms with E-state index in [1.807, 2.05) is 0 Å². The Labute approximate surface area is 509 Å². The van der Waals surface area contributed by atoms with Crippen LogP contribution >= 0.6 is 0 Å². The highest BCUT2D eigenvalue weighted by Crippen LogP contribution is 2.18. The molecule has 0 aromatic carbocycles. The van der Waals surface area contributed by atoms with Crippen LogP contribution in [0.25, 0.3) is 0 Å². The van der Waals surface area contributed by atoms with Crippen LogP contribution in [0.15, 0.2) is 85.1 Å². The summed E-state index contributed by atoms with van der Waals surface area (Å²) in [6.45, 7) is 6.55. The summed E-state index contributed by atoms with van der Waals surface area (Å²) in [5.74, 6) is -0.878. The van der Waals surface area contributed by atoms with Crippen LogP contribution in [0.2, 0.25) is 0 Å². The molecule has 0 saturated heterocycles. The predicted octanol–water partition coefficient (Wildman–Crippen LogP) is 24.6. The average Bonchev–Trinajstić information content (AvgIpc) is 3.47. The number of unbranched alkanes of at least 4 members (excludes halogenated alkanes) is 40. The minimum atomic E-state index is -0.786. The third-order valence-electron chi connectivity index (χ3n) is 15.6. The normalized spacial score (nSPS) is 12.6. The fraction of sp³-hybridized carbons (Fsp3) is 0.776. The molecule has 0 spiro atoms. The molecule has 6 nitrogen and oxygen atoms in total. The molecule has 0 radical (unpaired) electrons. The lowest BCUT2D eigenvalue weighted by Crippen LogP contribution is -2.30. The highest BCUT2D eigenvalue weighted by Gasteiger charge is 2.19. The van der Waals surface area contributed by atoms with Gasteiger partial charge in [-0.3, -0.25) is 14.4 Å². The van der Waals surface area contributed by atoms with Gasteiger partial charge in [-0.15, -0.1) is 0 Å². The van der Waals surface area contributed by atoms with Gasteiger partial charge in [-0.2, -0.15) is 0 Å². The van der Waals surface area contributed by atoms with E-state index in [0.717, 1.165) is 109 Å². The van der Waals surface area contributed by atoms with Crippen molar-refractivity contribution in [1.82, 2.24) is 0 Å². The Morgan fingerprint density at radius 2 is 0.476 bits per heavy atom. The fourth-order valence-corrected chi connectivity index (χ4v) is 10.3. The molecule has 0 aliphatic rings. The van der Waals surface area contributed by atoms with Crippen molar-refractivity contribution in [3.8, 4) is 0 Å². The third kappa shape index (κ3) is 67.4. The first-order valence-electron chi connectivity index (χ1n) is 35.6. The van der Waals surface area contributed by atoms with E-state index in [2.05, 4.69) is 106 Å². The lowest BCUT2D eigenvalue weighted by molar-refractivity contribution is -0.167. The van der Waals surface area contributed by atoms with E-state index >= 15 is 0 Å². The summed E-state index contributed by atoms with van der Waals surface area (Å²) in [6.07, 6.45) is 93.1. The zero-order chi connectivity index (χ0) is 59.2. The topological polar surface area (TPSA) is 78.9 Å². The monoisotopic (exact) mass is 1140 g/mol. The molecule has 82 heavy (non-hydrogen) atoms. The molecule has 1 atom stereocenters. The molecule has 0 fully saturated rings. The number of carbonyl (C=O) groups excluding carboxylic acids is 3. The van der Waals surface area contributed by atoms with Crippen LogP contribution in [0.4, 0.5) is 0 Å². The Morgan fingerprint density at radius 3 is 0.756 bits per heavy atom. The average molecular weight is 1140 g/mol. The van der Waals surface area contributed by atoms with Gasteiger partial charge in [0.15, 0.2) is 6.10 Å². The van der Waals surface area contributed by atoms with Crippen LogP contribution in [-0.4, -0.2) is 37.2 Å². The Balaban J connectivity index is 4.37. The van der Waals surface area contributed by atoms with Crippen molar-refractivity contribution in [2.75, 3.05) is 13.2 Å². The van der Waals surface area contributed by atoms with Crippen molar-refractivity contribution in [3.05, 3.63) is 85.1 Å². The van der Waals surface area contributed by atoms with Crippen molar-refractivity contribution in [3.63, 3.8) is 0 Å². The molecule has 6 heteroatoms. The van der Waals surface area contributed by atoms with Crippen molar-refractivity contribution in [1.29, 1.82) is 0 Å². The smallest absolute Gasteiger partial charge is 0.306 e. The van der Waals surface area contributed by atoms with Crippen molar-refractivity contribution < 1.29 is 28.6 Å². The summed E-state index contributed by atoms with van der Waals surface area (Å²) in [6, 6.07) is 0. The first-order valence-corrected chi connectivity index (χ1v) is 35.6. The number of hydrogen-bond acceptors (Lipinski definition) is 6. The van der Waals surface area contributed by atoms with Gasteiger partial charge in [-0.25, -0.2) is 0 Å². The molecule has 0 N–H and O–H groups in total. The second-order valence-electron chi connectivity index (χ2n) is 23.8. The summed E-state index contributed by atoms with van der Waals surface area (Å²) in [4.78, 5) is 38.5. The second kappa shape index (κ2) is 70.1. The molecule has 0 aliphatic heterocycles. The van der Waals surface area contributed by atoms with Gasteiger partial charge >= 0.3 is 17.9 Å². The van der Waals surface area contributed by atoms with E-state index in [0.29, 0.717) is 19.3 Å². The van der Waals surface area contributed by atoms with Gasteiger partial charge in [0.25, 0.3) is 0 Å². The quantitative estimate of drug-likeness (QED) is 0.0261. The summed E-state index contributed by atoms with van der Waals surface area (Å²) in [7, 11) is 0. The lowest BCUT2D eigenvalue weighted by atomic mass is 10.0. The molecule has 0 aromatic heterocycles. The molecular formula is C76H134O6. The molecule has 474 valence electrons. The van der Waals surface area contributed by atoms with Crippen LogP contribution in [0.5, 0.6) is 0 Å². The Bertz CT molecular complexity index is 1550. The van der Waals surface area contributed by atoms with Gasteiger partial charge in [0, 0.05) is 19.3 Å². The lowest BCUT2D eigenvalue weighted by Gasteiger charge is -2.18. The molecule has 0 aliphatic carbocycles. The highest BCUT2D eigenvalue weighted by atomic mass is 16.6. The van der Waals surface area contributed by atoms with Crippen LogP contribution in [0.1, 0.15) is 361 Å². The molecule has 0 rings (SSSR count). The molecule has 0 saturated carbocycles. The second-order valence-corrected chi connectivity index (χ2v) is 23.8. The van der Waals surface area contributed by atoms with Crippen LogP contribution in [-0.2, 0) is 28.6 Å². The van der Waals surface area contributed by atoms with Crippen LogP contribution in [0.3, 0.4) is 0 Å². The van der Waals surface area contributed by atoms with Crippen molar-refractivity contribution in [2.45, 2.75) is 367 Å². The van der Waals surface area contributed by atoms with Gasteiger partial charge in [-0.1, -0.05) is 331 Å². The molecule has 0 aromatic rings. The van der Waals surface area contributed by atoms with Crippen LogP contribution in [0, 0.1) is 0 Å². The van der Waals surface area contributed by atoms with E-state index < -0.39 is 6.10 Å². The maximum atomic E-state index is 13.0. The van der Waals surface area contributed by atoms with E-state index in [4.69, 9.17) is 14.2 Å². The number of carbonyl (C=O) groups is 3. The SMILES string of the molecule is CC/C=C\C/C=C\C/C=C\C/C=C\C/C=C\CCCCCCCCCC(=O)OCC(COC(=O)CCCCCCCCC/C=C\C/C=C\CCCCCC)OC(=O)CCCCCCCCCCCCCCCCCCCCCCCCC. The summed E-state index contributed by atoms with van der Waals surface area (Å²) in [5, 5.41) is 0. The molecule has 1 unspecified atom stereocenters. The minimum Gasteiger partial charge on any atom is -0.462 e. The van der Waals surface area contributed by atoms with E-state index in [9.17, 15) is 14.4 Å². The van der Waals surface area contributed by atoms with E-state index in [-0.39, 0.29) is 31.1 Å². The summed E-state index contributed by atoms with van der Waals surface area (Å²) in [5.41, 5.74) is 0. The molecular weight excluding hydrogens is 1010 g/mol. The third-order valence-corrected chi connectivity index (χ3v) is 15.6. The first-order chi connectivity index (χ1) is 40.5. The molecule has 0 bridgehead atoms. The number of hydrogen-bond donors (Lipinski definition) is 0. The van der Waals surface area contributed by atoms with Crippen molar-refractivity contribution >= 4 is 17.9 Å². The van der Waals surface area contributed by atoms with E-state index in [1.54, 1.807) is 0 Å². The Kier molecular flexibility index (Phi) is 67.2.